The first-order valence-corrected chi connectivity index (χ1v) is 10.3. The predicted molar refractivity (Wildman–Crippen MR) is 122 cm³/mol. The van der Waals surface area contributed by atoms with Crippen LogP contribution in [-0.2, 0) is 5.75 Å². The fourth-order valence-corrected chi connectivity index (χ4v) is 3.80. The summed E-state index contributed by atoms with van der Waals surface area (Å²) < 4.78 is 0. The molecule has 0 saturated carbocycles. The molecule has 0 aromatic heterocycles. The summed E-state index contributed by atoms with van der Waals surface area (Å²) in [5, 5.41) is 29.2. The van der Waals surface area contributed by atoms with Gasteiger partial charge in [-0.2, -0.15) is 0 Å². The Hall–Kier alpha value is -1.90. The van der Waals surface area contributed by atoms with E-state index in [-0.39, 0.29) is 20.2 Å². The van der Waals surface area contributed by atoms with Gasteiger partial charge in [0.2, 0.25) is 5.75 Å². The molecule has 0 bridgehead atoms. The van der Waals surface area contributed by atoms with Gasteiger partial charge >= 0.3 is 5.69 Å². The molecule has 0 aliphatic rings. The lowest BCUT2D eigenvalue weighted by molar-refractivity contribution is -0.385. The summed E-state index contributed by atoms with van der Waals surface area (Å²) in [5.41, 5.74) is 5.81. The van der Waals surface area contributed by atoms with E-state index in [9.17, 15) is 10.1 Å². The van der Waals surface area contributed by atoms with Gasteiger partial charge in [0.15, 0.2) is 5.17 Å². The van der Waals surface area contributed by atoms with Crippen LogP contribution in [0.5, 0.6) is 5.75 Å². The normalized spacial score (nSPS) is 10.3. The van der Waals surface area contributed by atoms with Crippen molar-refractivity contribution < 1.29 is 10.0 Å². The molecule has 3 rings (SSSR count). The van der Waals surface area contributed by atoms with Crippen LogP contribution >= 0.6 is 58.2 Å². The third-order valence-electron chi connectivity index (χ3n) is 3.65. The average Bonchev–Trinajstić information content (AvgIpc) is 2.66. The van der Waals surface area contributed by atoms with E-state index >= 15 is 0 Å². The van der Waals surface area contributed by atoms with Crippen molar-refractivity contribution in [2.24, 2.45) is 5.73 Å². The fraction of sp³-hybridized carbons (Fsp3) is 0.0556. The Bertz CT molecular complexity index is 1070. The van der Waals surface area contributed by atoms with Crippen molar-refractivity contribution in [1.82, 2.24) is 0 Å². The van der Waals surface area contributed by atoms with Gasteiger partial charge in [0.1, 0.15) is 5.02 Å². The number of amidine groups is 1. The van der Waals surface area contributed by atoms with E-state index in [1.807, 2.05) is 36.4 Å². The molecule has 0 aliphatic heterocycles. The number of aromatic hydroxyl groups is 1. The number of thioether (sulfide) groups is 1. The highest BCUT2D eigenvalue weighted by molar-refractivity contribution is 8.13. The van der Waals surface area contributed by atoms with Crippen LogP contribution in [0, 0.1) is 15.5 Å². The summed E-state index contributed by atoms with van der Waals surface area (Å²) in [7, 11) is 0. The average molecular weight is 493 g/mol. The maximum Gasteiger partial charge on any atom is 0.332 e. The number of phenolic OH excluding ortho intramolecular Hbond substituents is 1. The molecule has 0 spiro atoms. The molecule has 0 heterocycles. The highest BCUT2D eigenvalue weighted by Gasteiger charge is 2.24. The van der Waals surface area contributed by atoms with E-state index in [1.54, 1.807) is 0 Å². The van der Waals surface area contributed by atoms with Crippen molar-refractivity contribution >= 4 is 79.8 Å². The molecule has 3 aromatic carbocycles. The highest BCUT2D eigenvalue weighted by atomic mass is 35.5. The largest absolute Gasteiger partial charge is 0.501 e. The number of hydrogen-bond donors (Lipinski definition) is 3. The molecular formula is C18H13Cl4N3O3S. The predicted octanol–water partition coefficient (Wildman–Crippen LogP) is 6.88. The van der Waals surface area contributed by atoms with Crippen LogP contribution in [0.1, 0.15) is 5.56 Å². The fourth-order valence-electron chi connectivity index (χ4n) is 2.35. The first kappa shape index (κ1) is 23.4. The second-order valence-electron chi connectivity index (χ2n) is 5.51. The molecule has 152 valence electrons. The summed E-state index contributed by atoms with van der Waals surface area (Å²) in [4.78, 5) is 9.54. The Balaban J connectivity index is 0.000000212. The smallest absolute Gasteiger partial charge is 0.332 e. The van der Waals surface area contributed by atoms with Gasteiger partial charge in [0.25, 0.3) is 0 Å². The van der Waals surface area contributed by atoms with Gasteiger partial charge in [-0.05, 0) is 23.1 Å². The summed E-state index contributed by atoms with van der Waals surface area (Å²) in [5.74, 6) is 0.0218. The summed E-state index contributed by atoms with van der Waals surface area (Å²) in [6.07, 6.45) is 0. The van der Waals surface area contributed by atoms with E-state index in [1.165, 1.54) is 11.8 Å². The second kappa shape index (κ2) is 10.2. The number of nitrogens with two attached hydrogens (primary N) is 1. The van der Waals surface area contributed by atoms with Crippen molar-refractivity contribution in [1.29, 1.82) is 5.41 Å². The zero-order valence-electron chi connectivity index (χ0n) is 14.5. The third-order valence-corrected chi connectivity index (χ3v) is 5.81. The SMILES string of the molecule is N=C(N)SCc1ccc(Cl)c2ccccc12.O=[N+]([O-])c1c(O)c(Cl)cc(Cl)c1Cl. The number of fused-ring (bicyclic) bond motifs is 1. The molecule has 29 heavy (non-hydrogen) atoms. The Morgan fingerprint density at radius 2 is 1.69 bits per heavy atom. The molecule has 0 aliphatic carbocycles. The van der Waals surface area contributed by atoms with Crippen molar-refractivity contribution in [2.75, 3.05) is 0 Å². The van der Waals surface area contributed by atoms with Gasteiger partial charge < -0.3 is 10.8 Å². The molecule has 3 aromatic rings. The van der Waals surface area contributed by atoms with E-state index in [0.29, 0.717) is 5.75 Å². The topological polar surface area (TPSA) is 113 Å². The molecule has 0 unspecified atom stereocenters. The minimum Gasteiger partial charge on any atom is -0.501 e. The number of halogens is 4. The Kier molecular flexibility index (Phi) is 8.24. The maximum absolute atomic E-state index is 10.4. The number of rotatable bonds is 3. The van der Waals surface area contributed by atoms with Gasteiger partial charge in [0.05, 0.1) is 15.0 Å². The van der Waals surface area contributed by atoms with E-state index in [2.05, 4.69) is 0 Å². The van der Waals surface area contributed by atoms with Crippen molar-refractivity contribution in [2.45, 2.75) is 5.75 Å². The van der Waals surface area contributed by atoms with Crippen LogP contribution in [0.2, 0.25) is 20.1 Å². The van der Waals surface area contributed by atoms with E-state index in [4.69, 9.17) is 62.7 Å². The van der Waals surface area contributed by atoms with Gasteiger partial charge in [-0.25, -0.2) is 0 Å². The molecule has 0 fully saturated rings. The Morgan fingerprint density at radius 3 is 2.28 bits per heavy atom. The van der Waals surface area contributed by atoms with Gasteiger partial charge in [0, 0.05) is 16.2 Å². The van der Waals surface area contributed by atoms with Crippen LogP contribution in [-0.4, -0.2) is 15.2 Å². The molecule has 0 amide bonds. The van der Waals surface area contributed by atoms with Crippen molar-refractivity contribution in [3.05, 3.63) is 78.2 Å². The number of phenols is 1. The molecule has 11 heteroatoms. The van der Waals surface area contributed by atoms with Gasteiger partial charge in [-0.3, -0.25) is 15.5 Å². The minimum atomic E-state index is -0.852. The van der Waals surface area contributed by atoms with Crippen LogP contribution < -0.4 is 5.73 Å². The molecule has 0 saturated heterocycles. The Labute approximate surface area is 190 Å². The number of hydrogen-bond acceptors (Lipinski definition) is 5. The van der Waals surface area contributed by atoms with Gasteiger partial charge in [-0.1, -0.05) is 88.5 Å². The molecule has 6 nitrogen and oxygen atoms in total. The molecule has 0 atom stereocenters. The zero-order chi connectivity index (χ0) is 21.7. The molecular weight excluding hydrogens is 480 g/mol. The lowest BCUT2D eigenvalue weighted by Gasteiger charge is -2.07. The molecule has 0 radical (unpaired) electrons. The lowest BCUT2D eigenvalue weighted by Crippen LogP contribution is -2.03. The first-order chi connectivity index (χ1) is 13.6. The summed E-state index contributed by atoms with van der Waals surface area (Å²) in [6, 6.07) is 13.0. The number of nitrogens with one attached hydrogen (secondary N) is 1. The van der Waals surface area contributed by atoms with Crippen molar-refractivity contribution in [3.63, 3.8) is 0 Å². The highest BCUT2D eigenvalue weighted by Crippen LogP contribution is 2.43. The number of nitro groups is 1. The van der Waals surface area contributed by atoms with Gasteiger partial charge in [-0.15, -0.1) is 0 Å². The summed E-state index contributed by atoms with van der Waals surface area (Å²) in [6.45, 7) is 0. The van der Waals surface area contributed by atoms with E-state index in [0.717, 1.165) is 27.4 Å². The number of nitrogens with zero attached hydrogens (tertiary/aromatic N) is 1. The zero-order valence-corrected chi connectivity index (χ0v) is 18.3. The van der Waals surface area contributed by atoms with E-state index < -0.39 is 16.4 Å². The standard InChI is InChI=1S/C12H11ClN2S.C6H2Cl3NO3/c13-11-6-5-8(7-16-12(14)15)9-3-1-2-4-10(9)11;7-2-1-3(8)6(11)5(4(2)9)10(12)13/h1-6H,7H2,(H3,14,15);1,11H. The third kappa shape index (κ3) is 5.81. The number of benzene rings is 3. The second-order valence-corrected chi connectivity index (χ2v) is 8.13. The first-order valence-electron chi connectivity index (χ1n) is 7.77. The summed E-state index contributed by atoms with van der Waals surface area (Å²) >= 11 is 23.9. The Morgan fingerprint density at radius 1 is 1.07 bits per heavy atom. The van der Waals surface area contributed by atoms with Crippen LogP contribution in [0.3, 0.4) is 0 Å². The molecule has 4 N–H and O–H groups in total. The lowest BCUT2D eigenvalue weighted by atomic mass is 10.1. The minimum absolute atomic E-state index is 0.0730. The van der Waals surface area contributed by atoms with Crippen LogP contribution in [0.4, 0.5) is 5.69 Å². The van der Waals surface area contributed by atoms with Crippen LogP contribution in [0.25, 0.3) is 10.8 Å². The van der Waals surface area contributed by atoms with Crippen molar-refractivity contribution in [3.8, 4) is 5.75 Å². The quantitative estimate of drug-likeness (QED) is 0.121. The van der Waals surface area contributed by atoms with Crippen LogP contribution in [0.15, 0.2) is 42.5 Å². The monoisotopic (exact) mass is 491 g/mol. The number of nitro benzene ring substituents is 1. The maximum atomic E-state index is 10.4.